The van der Waals surface area contributed by atoms with Crippen LogP contribution in [-0.4, -0.2) is 58.9 Å². The lowest BCUT2D eigenvalue weighted by Gasteiger charge is -2.33. The van der Waals surface area contributed by atoms with Gasteiger partial charge in [-0.15, -0.1) is 0 Å². The summed E-state index contributed by atoms with van der Waals surface area (Å²) in [7, 11) is 0. The average molecular weight is 492 g/mol. The highest BCUT2D eigenvalue weighted by Crippen LogP contribution is 2.24. The monoisotopic (exact) mass is 491 g/mol. The Morgan fingerprint density at radius 3 is 2.54 bits per heavy atom. The van der Waals surface area contributed by atoms with Gasteiger partial charge in [-0.25, -0.2) is 4.98 Å². The van der Waals surface area contributed by atoms with Gasteiger partial charge in [0.25, 0.3) is 11.8 Å². The maximum Gasteiger partial charge on any atom is 0.257 e. The Morgan fingerprint density at radius 1 is 1.03 bits per heavy atom. The maximum atomic E-state index is 13.7. The lowest BCUT2D eigenvalue weighted by atomic mass is 10.0. The summed E-state index contributed by atoms with van der Waals surface area (Å²) in [5.41, 5.74) is 2.02. The van der Waals surface area contributed by atoms with Gasteiger partial charge >= 0.3 is 0 Å². The molecule has 182 valence electrons. The van der Waals surface area contributed by atoms with Crippen LogP contribution < -0.4 is 4.74 Å². The fourth-order valence-corrected chi connectivity index (χ4v) is 4.61. The molecular formula is C28H30ClN3O3. The van der Waals surface area contributed by atoms with Crippen molar-refractivity contribution < 1.29 is 14.3 Å². The van der Waals surface area contributed by atoms with Crippen molar-refractivity contribution in [3.05, 3.63) is 94.8 Å². The van der Waals surface area contributed by atoms with Crippen LogP contribution >= 0.6 is 11.6 Å². The molecule has 0 unspecified atom stereocenters. The Kier molecular flexibility index (Phi) is 8.37. The van der Waals surface area contributed by atoms with E-state index in [1.807, 2.05) is 65.3 Å². The predicted octanol–water partition coefficient (Wildman–Crippen LogP) is 5.12. The largest absolute Gasteiger partial charge is 0.491 e. The number of benzene rings is 2. The Hall–Kier alpha value is -3.38. The molecule has 2 heterocycles. The number of halogens is 1. The zero-order valence-electron chi connectivity index (χ0n) is 19.9. The van der Waals surface area contributed by atoms with Gasteiger partial charge in [-0.05, 0) is 56.0 Å². The van der Waals surface area contributed by atoms with Gasteiger partial charge < -0.3 is 14.5 Å². The van der Waals surface area contributed by atoms with Crippen LogP contribution in [0.1, 0.15) is 46.0 Å². The second kappa shape index (κ2) is 11.8. The summed E-state index contributed by atoms with van der Waals surface area (Å²) < 4.78 is 6.26. The van der Waals surface area contributed by atoms with Crippen molar-refractivity contribution in [1.82, 2.24) is 14.8 Å². The summed E-state index contributed by atoms with van der Waals surface area (Å²) in [4.78, 5) is 34.7. The molecule has 0 saturated carbocycles. The van der Waals surface area contributed by atoms with E-state index >= 15 is 0 Å². The standard InChI is InChI=1S/C28H30ClN3O3/c1-2-31-17-8-9-18-32(28(34)24-14-10-16-30-26(24)29)22(19-21-11-4-3-5-12-21)20-35-25-15-7-6-13-23(25)27(31)33/h3-7,10-16,22H,2,8-9,17-20H2,1H3/t22-/m1/s1. The molecule has 1 aromatic heterocycles. The van der Waals surface area contributed by atoms with Crippen LogP contribution in [0.5, 0.6) is 5.75 Å². The summed E-state index contributed by atoms with van der Waals surface area (Å²) in [5, 5.41) is 0.191. The van der Waals surface area contributed by atoms with Crippen molar-refractivity contribution >= 4 is 23.4 Å². The van der Waals surface area contributed by atoms with Crippen LogP contribution in [-0.2, 0) is 6.42 Å². The molecule has 0 aliphatic carbocycles. The fourth-order valence-electron chi connectivity index (χ4n) is 4.41. The van der Waals surface area contributed by atoms with Crippen LogP contribution in [0.2, 0.25) is 5.15 Å². The Labute approximate surface area is 211 Å². The number of fused-ring (bicyclic) bond motifs is 1. The van der Waals surface area contributed by atoms with E-state index < -0.39 is 0 Å². The van der Waals surface area contributed by atoms with Crippen molar-refractivity contribution in [1.29, 1.82) is 0 Å². The molecule has 1 aliphatic heterocycles. The molecule has 2 amide bonds. The molecule has 0 spiro atoms. The first-order valence-corrected chi connectivity index (χ1v) is 12.4. The van der Waals surface area contributed by atoms with E-state index in [4.69, 9.17) is 16.3 Å². The maximum absolute atomic E-state index is 13.7. The number of carbonyl (C=O) groups excluding carboxylic acids is 2. The van der Waals surface area contributed by atoms with E-state index in [2.05, 4.69) is 4.98 Å². The third-order valence-corrected chi connectivity index (χ3v) is 6.60. The molecule has 0 fully saturated rings. The highest BCUT2D eigenvalue weighted by Gasteiger charge is 2.29. The average Bonchev–Trinajstić information content (AvgIpc) is 2.89. The minimum Gasteiger partial charge on any atom is -0.491 e. The number of para-hydroxylation sites is 1. The molecule has 4 rings (SSSR count). The Bertz CT molecular complexity index is 1150. The van der Waals surface area contributed by atoms with Crippen molar-refractivity contribution in [2.24, 2.45) is 0 Å². The first-order valence-electron chi connectivity index (χ1n) is 12.0. The highest BCUT2D eigenvalue weighted by molar-refractivity contribution is 6.32. The molecular weight excluding hydrogens is 462 g/mol. The van der Waals surface area contributed by atoms with Crippen LogP contribution in [0.4, 0.5) is 0 Å². The second-order valence-corrected chi connectivity index (χ2v) is 8.94. The molecule has 3 aromatic rings. The minimum atomic E-state index is -0.258. The second-order valence-electron chi connectivity index (χ2n) is 8.58. The summed E-state index contributed by atoms with van der Waals surface area (Å²) in [5.74, 6) is 0.334. The van der Waals surface area contributed by atoms with Gasteiger partial charge in [-0.2, -0.15) is 0 Å². The van der Waals surface area contributed by atoms with E-state index in [9.17, 15) is 9.59 Å². The van der Waals surface area contributed by atoms with E-state index in [0.717, 1.165) is 18.4 Å². The third-order valence-electron chi connectivity index (χ3n) is 6.30. The van der Waals surface area contributed by atoms with Crippen LogP contribution in [0.3, 0.4) is 0 Å². The molecule has 0 bridgehead atoms. The van der Waals surface area contributed by atoms with Crippen molar-refractivity contribution in [2.45, 2.75) is 32.2 Å². The van der Waals surface area contributed by atoms with Gasteiger partial charge in [-0.3, -0.25) is 9.59 Å². The molecule has 0 N–H and O–H groups in total. The SMILES string of the molecule is CCN1CCCCN(C(=O)c2cccnc2Cl)[C@H](Cc2ccccc2)COc2ccccc2C1=O. The van der Waals surface area contributed by atoms with Gasteiger partial charge in [0.2, 0.25) is 0 Å². The lowest BCUT2D eigenvalue weighted by Crippen LogP contribution is -2.46. The summed E-state index contributed by atoms with van der Waals surface area (Å²) in [6.07, 6.45) is 3.72. The van der Waals surface area contributed by atoms with Gasteiger partial charge in [-0.1, -0.05) is 54.1 Å². The highest BCUT2D eigenvalue weighted by atomic mass is 35.5. The number of hydrogen-bond donors (Lipinski definition) is 0. The van der Waals surface area contributed by atoms with Crippen molar-refractivity contribution in [3.63, 3.8) is 0 Å². The molecule has 0 radical (unpaired) electrons. The number of pyridine rings is 1. The van der Waals surface area contributed by atoms with Gasteiger partial charge in [0.15, 0.2) is 0 Å². The molecule has 6 nitrogen and oxygen atoms in total. The van der Waals surface area contributed by atoms with Crippen molar-refractivity contribution in [3.8, 4) is 5.75 Å². The Balaban J connectivity index is 1.71. The molecule has 0 saturated heterocycles. The zero-order chi connectivity index (χ0) is 24.6. The van der Waals surface area contributed by atoms with E-state index in [1.165, 1.54) is 0 Å². The first kappa shape index (κ1) is 24.7. The number of rotatable bonds is 4. The number of aromatic nitrogens is 1. The summed E-state index contributed by atoms with van der Waals surface area (Å²) in [6, 6.07) is 20.5. The van der Waals surface area contributed by atoms with Gasteiger partial charge in [0.1, 0.15) is 17.5 Å². The quantitative estimate of drug-likeness (QED) is 0.475. The van der Waals surface area contributed by atoms with Gasteiger partial charge in [0.05, 0.1) is 17.2 Å². The lowest BCUT2D eigenvalue weighted by molar-refractivity contribution is 0.0586. The molecule has 7 heteroatoms. The number of amides is 2. The summed E-state index contributed by atoms with van der Waals surface area (Å²) >= 11 is 6.31. The predicted molar refractivity (Wildman–Crippen MR) is 137 cm³/mol. The van der Waals surface area contributed by atoms with E-state index in [-0.39, 0.29) is 29.6 Å². The smallest absolute Gasteiger partial charge is 0.257 e. The Morgan fingerprint density at radius 2 is 1.77 bits per heavy atom. The number of nitrogens with zero attached hydrogens (tertiary/aromatic N) is 3. The topological polar surface area (TPSA) is 62.7 Å². The van der Waals surface area contributed by atoms with Crippen LogP contribution in [0, 0.1) is 0 Å². The first-order chi connectivity index (χ1) is 17.1. The fraction of sp³-hybridized carbons (Fsp3) is 0.321. The van der Waals surface area contributed by atoms with Crippen LogP contribution in [0.25, 0.3) is 0 Å². The normalized spacial score (nSPS) is 17.1. The zero-order valence-corrected chi connectivity index (χ0v) is 20.7. The molecule has 35 heavy (non-hydrogen) atoms. The molecule has 1 atom stereocenters. The van der Waals surface area contributed by atoms with E-state index in [0.29, 0.717) is 42.9 Å². The third kappa shape index (κ3) is 6.01. The van der Waals surface area contributed by atoms with E-state index in [1.54, 1.807) is 24.4 Å². The molecule has 1 aliphatic rings. The van der Waals surface area contributed by atoms with Crippen LogP contribution in [0.15, 0.2) is 72.9 Å². The number of hydrogen-bond acceptors (Lipinski definition) is 4. The number of carbonyl (C=O) groups is 2. The van der Waals surface area contributed by atoms with Crippen molar-refractivity contribution in [2.75, 3.05) is 26.2 Å². The van der Waals surface area contributed by atoms with Gasteiger partial charge in [0, 0.05) is 25.8 Å². The number of ether oxygens (including phenoxy) is 1. The summed E-state index contributed by atoms with van der Waals surface area (Å²) in [6.45, 7) is 3.97. The minimum absolute atomic E-state index is 0.0293. The molecule has 2 aromatic carbocycles.